The number of carbonyl (C=O) groups excluding carboxylic acids is 1. The van der Waals surface area contributed by atoms with Crippen LogP contribution in [-0.4, -0.2) is 20.2 Å². The fourth-order valence-electron chi connectivity index (χ4n) is 4.58. The van der Waals surface area contributed by atoms with Gasteiger partial charge in [0.05, 0.1) is 25.5 Å². The number of hydrogen-bond donors (Lipinski definition) is 1. The van der Waals surface area contributed by atoms with Crippen LogP contribution in [0.2, 0.25) is 10.0 Å². The fourth-order valence-corrected chi connectivity index (χ4v) is 5.11. The second kappa shape index (κ2) is 10.9. The van der Waals surface area contributed by atoms with Gasteiger partial charge in [0.1, 0.15) is 22.0 Å². The first-order valence-electron chi connectivity index (χ1n) is 11.8. The van der Waals surface area contributed by atoms with Gasteiger partial charge in [-0.15, -0.1) is 0 Å². The van der Waals surface area contributed by atoms with Crippen molar-refractivity contribution in [2.75, 3.05) is 19.5 Å². The minimum atomic E-state index is -0.733. The van der Waals surface area contributed by atoms with Gasteiger partial charge >= 0.3 is 5.97 Å². The van der Waals surface area contributed by atoms with Crippen LogP contribution in [0.3, 0.4) is 0 Å². The van der Waals surface area contributed by atoms with Crippen molar-refractivity contribution in [2.24, 2.45) is 0 Å². The van der Waals surface area contributed by atoms with Crippen molar-refractivity contribution in [3.05, 3.63) is 105 Å². The number of halogens is 3. The molecule has 1 aliphatic rings. The van der Waals surface area contributed by atoms with Crippen molar-refractivity contribution in [3.8, 4) is 22.6 Å². The van der Waals surface area contributed by atoms with Gasteiger partial charge in [-0.1, -0.05) is 47.5 Å². The molecule has 2 N–H and O–H groups in total. The zero-order valence-electron chi connectivity index (χ0n) is 20.6. The van der Waals surface area contributed by atoms with Crippen LogP contribution in [0.1, 0.15) is 33.2 Å². The van der Waals surface area contributed by atoms with Crippen molar-refractivity contribution in [1.29, 1.82) is 0 Å². The number of esters is 1. The second-order valence-corrected chi connectivity index (χ2v) is 9.54. The molecule has 1 aromatic heterocycles. The maximum absolute atomic E-state index is 14.2. The summed E-state index contributed by atoms with van der Waals surface area (Å²) in [6.07, 6.45) is 2.73. The molecule has 38 heavy (non-hydrogen) atoms. The highest BCUT2D eigenvalue weighted by Gasteiger charge is 2.25. The van der Waals surface area contributed by atoms with E-state index in [1.807, 2.05) is 12.1 Å². The second-order valence-electron chi connectivity index (χ2n) is 8.73. The summed E-state index contributed by atoms with van der Waals surface area (Å²) in [5.74, 6) is 0.207. The topological polar surface area (TPSA) is 70.9 Å². The molecule has 4 aromatic rings. The van der Waals surface area contributed by atoms with Crippen molar-refractivity contribution >= 4 is 34.9 Å². The highest BCUT2D eigenvalue weighted by Crippen LogP contribution is 2.38. The summed E-state index contributed by atoms with van der Waals surface area (Å²) in [6.45, 7) is 0.384. The molecule has 194 valence electrons. The van der Waals surface area contributed by atoms with Crippen molar-refractivity contribution < 1.29 is 28.4 Å². The van der Waals surface area contributed by atoms with E-state index < -0.39 is 12.1 Å². The van der Waals surface area contributed by atoms with E-state index in [0.29, 0.717) is 50.5 Å². The van der Waals surface area contributed by atoms with Gasteiger partial charge in [-0.3, -0.25) is 0 Å². The van der Waals surface area contributed by atoms with Crippen molar-refractivity contribution in [2.45, 2.75) is 19.1 Å². The van der Waals surface area contributed by atoms with Gasteiger partial charge in [0, 0.05) is 24.1 Å². The lowest BCUT2D eigenvalue weighted by Crippen LogP contribution is -2.17. The first-order valence-corrected chi connectivity index (χ1v) is 12.6. The molecule has 0 spiro atoms. The predicted molar refractivity (Wildman–Crippen MR) is 144 cm³/mol. The number of methoxy groups -OCH3 is 2. The number of aromatic amines is 1. The molecule has 0 amide bonds. The third-order valence-corrected chi connectivity index (χ3v) is 7.19. The SMILES string of the molecule is COc1ccc([C@H](Cc2c(Cl)c[nH+]cc2Cl)OC(=O)c2ccc3c(c2)CNc2c(F)cccc2-3)cc1OC. The molecule has 0 radical (unpaired) electrons. The largest absolute Gasteiger partial charge is 0.493 e. The average molecular weight is 554 g/mol. The Hall–Kier alpha value is -3.81. The molecule has 2 heterocycles. The molecule has 5 rings (SSSR count). The lowest BCUT2D eigenvalue weighted by molar-refractivity contribution is -0.377. The van der Waals surface area contributed by atoms with Gasteiger partial charge in [-0.2, -0.15) is 0 Å². The fraction of sp³-hybridized carbons (Fsp3) is 0.172. The molecule has 0 fully saturated rings. The lowest BCUT2D eigenvalue weighted by atomic mass is 9.93. The predicted octanol–water partition coefficient (Wildman–Crippen LogP) is 6.70. The zero-order chi connectivity index (χ0) is 26.8. The molecule has 0 saturated carbocycles. The first kappa shape index (κ1) is 25.8. The summed E-state index contributed by atoms with van der Waals surface area (Å²) in [7, 11) is 3.08. The van der Waals surface area contributed by atoms with Crippen LogP contribution >= 0.6 is 23.2 Å². The summed E-state index contributed by atoms with van der Waals surface area (Å²) in [4.78, 5) is 16.3. The lowest BCUT2D eigenvalue weighted by Gasteiger charge is -2.23. The summed E-state index contributed by atoms with van der Waals surface area (Å²) >= 11 is 12.8. The molecule has 0 saturated heterocycles. The highest BCUT2D eigenvalue weighted by atomic mass is 35.5. The normalized spacial score (nSPS) is 12.6. The first-order chi connectivity index (χ1) is 18.4. The van der Waals surface area contributed by atoms with Crippen LogP contribution in [0.5, 0.6) is 11.5 Å². The van der Waals surface area contributed by atoms with Gasteiger partial charge in [0.25, 0.3) is 0 Å². The van der Waals surface area contributed by atoms with Crippen molar-refractivity contribution in [1.82, 2.24) is 0 Å². The molecule has 1 atom stereocenters. The number of fused-ring (bicyclic) bond motifs is 3. The molecule has 6 nitrogen and oxygen atoms in total. The standard InChI is InChI=1S/C29H23Cl2FN2O4/c1-36-25-9-7-16(11-27(25)37-2)26(12-21-22(30)14-33-15-23(21)31)38-29(35)17-6-8-19-18(10-17)13-34-28-20(19)4-3-5-24(28)32/h3-11,14-15,26,34H,12-13H2,1-2H3/p+1/t26-/m0/s1. The highest BCUT2D eigenvalue weighted by molar-refractivity contribution is 6.35. The quantitative estimate of drug-likeness (QED) is 0.258. The van der Waals surface area contributed by atoms with E-state index in [1.165, 1.54) is 13.2 Å². The number of H-pyrrole nitrogens is 1. The van der Waals surface area contributed by atoms with E-state index in [1.54, 1.807) is 55.9 Å². The maximum atomic E-state index is 14.2. The average Bonchev–Trinajstić information content (AvgIpc) is 2.93. The van der Waals surface area contributed by atoms with E-state index in [2.05, 4.69) is 10.3 Å². The number of benzene rings is 3. The number of ether oxygens (including phenoxy) is 3. The monoisotopic (exact) mass is 553 g/mol. The van der Waals surface area contributed by atoms with Crippen LogP contribution in [0, 0.1) is 5.82 Å². The summed E-state index contributed by atoms with van der Waals surface area (Å²) in [5, 5.41) is 3.95. The molecular weight excluding hydrogens is 530 g/mol. The molecule has 0 aliphatic carbocycles. The van der Waals surface area contributed by atoms with E-state index in [4.69, 9.17) is 37.4 Å². The minimum absolute atomic E-state index is 0.229. The van der Waals surface area contributed by atoms with Crippen LogP contribution in [0.4, 0.5) is 10.1 Å². The van der Waals surface area contributed by atoms with Gasteiger partial charge in [0.2, 0.25) is 0 Å². The Labute approximate surface area is 229 Å². The summed E-state index contributed by atoms with van der Waals surface area (Å²) < 4.78 is 31.1. The van der Waals surface area contributed by atoms with Crippen molar-refractivity contribution in [3.63, 3.8) is 0 Å². The molecular formula is C29H24Cl2FN2O4+. The van der Waals surface area contributed by atoms with Crippen LogP contribution in [0.25, 0.3) is 11.1 Å². The Morgan fingerprint density at radius 2 is 1.76 bits per heavy atom. The molecule has 9 heteroatoms. The zero-order valence-corrected chi connectivity index (χ0v) is 22.1. The van der Waals surface area contributed by atoms with E-state index in [0.717, 1.165) is 16.7 Å². The van der Waals surface area contributed by atoms with E-state index >= 15 is 0 Å². The number of carbonyl (C=O) groups is 1. The minimum Gasteiger partial charge on any atom is -0.493 e. The van der Waals surface area contributed by atoms with Gasteiger partial charge < -0.3 is 19.5 Å². The number of pyridine rings is 1. The third-order valence-electron chi connectivity index (χ3n) is 6.52. The number of hydrogen-bond acceptors (Lipinski definition) is 5. The van der Waals surface area contributed by atoms with Gasteiger partial charge in [-0.25, -0.2) is 14.2 Å². The summed E-state index contributed by atoms with van der Waals surface area (Å²) in [6, 6.07) is 15.5. The van der Waals surface area contributed by atoms with Gasteiger partial charge in [0.15, 0.2) is 23.9 Å². The molecule has 1 aliphatic heterocycles. The molecule has 3 aromatic carbocycles. The Bertz CT molecular complexity index is 1510. The number of para-hydroxylation sites is 1. The van der Waals surface area contributed by atoms with Crippen LogP contribution in [0.15, 0.2) is 67.0 Å². The maximum Gasteiger partial charge on any atom is 0.338 e. The molecule has 0 unspecified atom stereocenters. The Morgan fingerprint density at radius 1 is 1.00 bits per heavy atom. The summed E-state index contributed by atoms with van der Waals surface area (Å²) in [5.41, 5.74) is 4.62. The van der Waals surface area contributed by atoms with Crippen LogP contribution in [-0.2, 0) is 17.7 Å². The smallest absolute Gasteiger partial charge is 0.338 e. The Kier molecular flexibility index (Phi) is 7.40. The number of anilines is 1. The van der Waals surface area contributed by atoms with E-state index in [9.17, 15) is 9.18 Å². The Balaban J connectivity index is 1.48. The van der Waals surface area contributed by atoms with Crippen LogP contribution < -0.4 is 19.8 Å². The van der Waals surface area contributed by atoms with E-state index in [-0.39, 0.29) is 12.2 Å². The number of nitrogens with one attached hydrogen (secondary N) is 2. The molecule has 0 bridgehead atoms. The third kappa shape index (κ3) is 4.99. The van der Waals surface area contributed by atoms with Gasteiger partial charge in [-0.05, 0) is 47.0 Å². The number of aromatic nitrogens is 1. The number of rotatable bonds is 7. The Morgan fingerprint density at radius 3 is 2.50 bits per heavy atom.